The summed E-state index contributed by atoms with van der Waals surface area (Å²) in [7, 11) is 0. The van der Waals surface area contributed by atoms with Crippen molar-refractivity contribution in [2.75, 3.05) is 6.54 Å². The number of aromatic nitrogens is 1. The first kappa shape index (κ1) is 12.8. The maximum Gasteiger partial charge on any atom is 0.194 e. The van der Waals surface area contributed by atoms with Crippen molar-refractivity contribution in [3.63, 3.8) is 0 Å². The van der Waals surface area contributed by atoms with E-state index < -0.39 is 0 Å². The molecule has 3 nitrogen and oxygen atoms in total. The van der Waals surface area contributed by atoms with Gasteiger partial charge in [-0.15, -0.1) is 0 Å². The molecule has 0 saturated carbocycles. The largest absolute Gasteiger partial charge is 0.358 e. The Kier molecular flexibility index (Phi) is 4.15. The van der Waals surface area contributed by atoms with Gasteiger partial charge in [-0.1, -0.05) is 25.5 Å². The van der Waals surface area contributed by atoms with E-state index in [-0.39, 0.29) is 5.43 Å². The molecule has 0 bridgehead atoms. The highest BCUT2D eigenvalue weighted by Crippen LogP contribution is 2.10. The third kappa shape index (κ3) is 2.62. The number of nitrogens with one attached hydrogen (secondary N) is 2. The van der Waals surface area contributed by atoms with Crippen molar-refractivity contribution in [3.05, 3.63) is 45.7 Å². The van der Waals surface area contributed by atoms with Gasteiger partial charge in [0.05, 0.1) is 0 Å². The standard InChI is InChI=1S/C15H20N2O/c1-3-4-9-16-10-13-11(2)17-14-8-6-5-7-12(14)15(13)18/h5-8,16H,3-4,9-10H2,1-2H3,(H,17,18). The first-order valence-corrected chi connectivity index (χ1v) is 6.55. The molecule has 0 radical (unpaired) electrons. The smallest absolute Gasteiger partial charge is 0.194 e. The SMILES string of the molecule is CCCCNCc1c(C)[nH]c2ccccc2c1=O. The van der Waals surface area contributed by atoms with E-state index >= 15 is 0 Å². The van der Waals surface area contributed by atoms with Gasteiger partial charge >= 0.3 is 0 Å². The van der Waals surface area contributed by atoms with Crippen molar-refractivity contribution in [2.45, 2.75) is 33.2 Å². The molecule has 18 heavy (non-hydrogen) atoms. The predicted molar refractivity (Wildman–Crippen MR) is 75.9 cm³/mol. The predicted octanol–water partition coefficient (Wildman–Crippen LogP) is 2.73. The van der Waals surface area contributed by atoms with Crippen molar-refractivity contribution in [1.29, 1.82) is 0 Å². The second-order valence-electron chi connectivity index (χ2n) is 4.63. The van der Waals surface area contributed by atoms with E-state index in [2.05, 4.69) is 17.2 Å². The third-order valence-electron chi connectivity index (χ3n) is 3.23. The molecule has 0 spiro atoms. The lowest BCUT2D eigenvalue weighted by Gasteiger charge is -2.09. The Morgan fingerprint density at radius 3 is 2.83 bits per heavy atom. The van der Waals surface area contributed by atoms with Crippen molar-refractivity contribution < 1.29 is 0 Å². The van der Waals surface area contributed by atoms with E-state index in [0.717, 1.165) is 35.1 Å². The zero-order chi connectivity index (χ0) is 13.0. The number of rotatable bonds is 5. The fraction of sp³-hybridized carbons (Fsp3) is 0.400. The Labute approximate surface area is 107 Å². The van der Waals surface area contributed by atoms with Crippen LogP contribution in [0.15, 0.2) is 29.1 Å². The van der Waals surface area contributed by atoms with Gasteiger partial charge in [0.15, 0.2) is 5.43 Å². The molecule has 1 aromatic carbocycles. The van der Waals surface area contributed by atoms with Crippen LogP contribution in [-0.4, -0.2) is 11.5 Å². The second kappa shape index (κ2) is 5.83. The lowest BCUT2D eigenvalue weighted by atomic mass is 10.1. The lowest BCUT2D eigenvalue weighted by molar-refractivity contribution is 0.637. The number of para-hydroxylation sites is 1. The molecule has 0 aliphatic rings. The minimum absolute atomic E-state index is 0.144. The number of unbranched alkanes of at least 4 members (excludes halogenated alkanes) is 1. The highest BCUT2D eigenvalue weighted by molar-refractivity contribution is 5.79. The van der Waals surface area contributed by atoms with Crippen molar-refractivity contribution in [2.24, 2.45) is 0 Å². The van der Waals surface area contributed by atoms with E-state index in [1.807, 2.05) is 31.2 Å². The van der Waals surface area contributed by atoms with Crippen LogP contribution in [0.2, 0.25) is 0 Å². The number of fused-ring (bicyclic) bond motifs is 1. The van der Waals surface area contributed by atoms with Gasteiger partial charge in [0, 0.05) is 28.7 Å². The summed E-state index contributed by atoms with van der Waals surface area (Å²) in [5.74, 6) is 0. The maximum absolute atomic E-state index is 12.4. The first-order valence-electron chi connectivity index (χ1n) is 6.55. The minimum atomic E-state index is 0.144. The summed E-state index contributed by atoms with van der Waals surface area (Å²) in [6, 6.07) is 7.67. The van der Waals surface area contributed by atoms with Crippen molar-refractivity contribution in [3.8, 4) is 0 Å². The molecule has 3 heteroatoms. The van der Waals surface area contributed by atoms with Gasteiger partial charge in [0.1, 0.15) is 0 Å². The van der Waals surface area contributed by atoms with Crippen LogP contribution in [0.4, 0.5) is 0 Å². The number of pyridine rings is 1. The monoisotopic (exact) mass is 244 g/mol. The molecule has 2 rings (SSSR count). The molecule has 0 unspecified atom stereocenters. The van der Waals surface area contributed by atoms with Gasteiger partial charge < -0.3 is 10.3 Å². The third-order valence-corrected chi connectivity index (χ3v) is 3.23. The number of aromatic amines is 1. The Balaban J connectivity index is 2.30. The van der Waals surface area contributed by atoms with Gasteiger partial charge in [0.25, 0.3) is 0 Å². The van der Waals surface area contributed by atoms with E-state index in [9.17, 15) is 4.79 Å². The topological polar surface area (TPSA) is 44.9 Å². The molecule has 1 aromatic heterocycles. The van der Waals surface area contributed by atoms with Crippen LogP contribution in [0.25, 0.3) is 10.9 Å². The molecule has 0 saturated heterocycles. The average molecular weight is 244 g/mol. The zero-order valence-corrected chi connectivity index (χ0v) is 11.0. The maximum atomic E-state index is 12.4. The van der Waals surface area contributed by atoms with Crippen LogP contribution in [0.1, 0.15) is 31.0 Å². The summed E-state index contributed by atoms with van der Waals surface area (Å²) < 4.78 is 0. The Morgan fingerprint density at radius 1 is 1.28 bits per heavy atom. The van der Waals surface area contributed by atoms with Gasteiger partial charge in [-0.3, -0.25) is 4.79 Å². The van der Waals surface area contributed by atoms with E-state index in [1.165, 1.54) is 6.42 Å². The number of hydrogen-bond acceptors (Lipinski definition) is 2. The summed E-state index contributed by atoms with van der Waals surface area (Å²) in [6.07, 6.45) is 2.31. The van der Waals surface area contributed by atoms with E-state index in [4.69, 9.17) is 0 Å². The molecule has 0 amide bonds. The van der Waals surface area contributed by atoms with Gasteiger partial charge in [-0.05, 0) is 32.0 Å². The summed E-state index contributed by atoms with van der Waals surface area (Å²) in [5.41, 5.74) is 2.87. The van der Waals surface area contributed by atoms with Crippen LogP contribution in [0, 0.1) is 6.92 Å². The van der Waals surface area contributed by atoms with Gasteiger partial charge in [-0.2, -0.15) is 0 Å². The molecule has 0 fully saturated rings. The van der Waals surface area contributed by atoms with E-state index in [1.54, 1.807) is 0 Å². The van der Waals surface area contributed by atoms with E-state index in [0.29, 0.717) is 6.54 Å². The first-order chi connectivity index (χ1) is 8.74. The highest BCUT2D eigenvalue weighted by Gasteiger charge is 2.07. The van der Waals surface area contributed by atoms with Gasteiger partial charge in [-0.25, -0.2) is 0 Å². The van der Waals surface area contributed by atoms with Crippen LogP contribution in [-0.2, 0) is 6.54 Å². The Hall–Kier alpha value is -1.61. The van der Waals surface area contributed by atoms with Gasteiger partial charge in [0.2, 0.25) is 0 Å². The lowest BCUT2D eigenvalue weighted by Crippen LogP contribution is -2.22. The fourth-order valence-corrected chi connectivity index (χ4v) is 2.13. The number of hydrogen-bond donors (Lipinski definition) is 2. The number of aryl methyl sites for hydroxylation is 1. The molecule has 0 atom stereocenters. The van der Waals surface area contributed by atoms with Crippen LogP contribution in [0.5, 0.6) is 0 Å². The van der Waals surface area contributed by atoms with Crippen LogP contribution < -0.4 is 10.7 Å². The molecule has 0 aliphatic carbocycles. The Bertz CT molecular complexity index is 587. The molecular weight excluding hydrogens is 224 g/mol. The molecule has 2 N–H and O–H groups in total. The summed E-state index contributed by atoms with van der Waals surface area (Å²) in [6.45, 7) is 5.73. The summed E-state index contributed by atoms with van der Waals surface area (Å²) in [4.78, 5) is 15.7. The van der Waals surface area contributed by atoms with Crippen LogP contribution >= 0.6 is 0 Å². The average Bonchev–Trinajstić information content (AvgIpc) is 2.38. The molecule has 1 heterocycles. The summed E-state index contributed by atoms with van der Waals surface area (Å²) >= 11 is 0. The number of H-pyrrole nitrogens is 1. The van der Waals surface area contributed by atoms with Crippen molar-refractivity contribution in [1.82, 2.24) is 10.3 Å². The Morgan fingerprint density at radius 2 is 2.06 bits per heavy atom. The summed E-state index contributed by atoms with van der Waals surface area (Å²) in [5, 5.41) is 4.10. The minimum Gasteiger partial charge on any atom is -0.358 e. The van der Waals surface area contributed by atoms with Crippen molar-refractivity contribution >= 4 is 10.9 Å². The highest BCUT2D eigenvalue weighted by atomic mass is 16.1. The molecule has 2 aromatic rings. The quantitative estimate of drug-likeness (QED) is 0.794. The normalized spacial score (nSPS) is 11.0. The van der Waals surface area contributed by atoms with Crippen LogP contribution in [0.3, 0.4) is 0 Å². The number of benzene rings is 1. The molecule has 96 valence electrons. The second-order valence-corrected chi connectivity index (χ2v) is 4.63. The molecule has 0 aliphatic heterocycles. The zero-order valence-electron chi connectivity index (χ0n) is 11.0. The molecular formula is C15H20N2O. The fourth-order valence-electron chi connectivity index (χ4n) is 2.13.